The zero-order chi connectivity index (χ0) is 4.99. The van der Waals surface area contributed by atoms with E-state index in [9.17, 15) is 4.79 Å². The Kier molecular flexibility index (Phi) is 2.85. The Morgan fingerprint density at radius 1 is 1.83 bits per heavy atom. The smallest absolute Gasteiger partial charge is 0.304 e. The molecule has 2 nitrogen and oxygen atoms in total. The summed E-state index contributed by atoms with van der Waals surface area (Å²) < 4.78 is 0. The van der Waals surface area contributed by atoms with Gasteiger partial charge in [-0.15, -0.1) is 11.6 Å². The van der Waals surface area contributed by atoms with Crippen LogP contribution >= 0.6 is 11.6 Å². The molecule has 0 unspecified atom stereocenters. The number of alkyl halides is 1. The first-order valence-corrected chi connectivity index (χ1v) is 2.08. The SMILES string of the molecule is O=[14C](O)CCCl. The lowest BCUT2D eigenvalue weighted by Gasteiger charge is -1.78. The minimum atomic E-state index is -0.843. The Balaban J connectivity index is 2.83. The van der Waals surface area contributed by atoms with Crippen LogP contribution in [0.25, 0.3) is 0 Å². The molecule has 36 valence electrons. The Morgan fingerprint density at radius 3 is 2.33 bits per heavy atom. The third-order valence-corrected chi connectivity index (χ3v) is 0.497. The molecule has 0 heterocycles. The molecule has 0 amide bonds. The molecule has 3 heteroatoms. The molecule has 0 aromatic rings. The molecule has 0 aromatic carbocycles. The van der Waals surface area contributed by atoms with Gasteiger partial charge in [0, 0.05) is 5.88 Å². The summed E-state index contributed by atoms with van der Waals surface area (Å²) in [4.78, 5) is 9.51. The van der Waals surface area contributed by atoms with E-state index >= 15 is 0 Å². The fraction of sp³-hybridized carbons (Fsp3) is 0.667. The summed E-state index contributed by atoms with van der Waals surface area (Å²) in [6, 6.07) is 0. The molecule has 0 aliphatic carbocycles. The van der Waals surface area contributed by atoms with E-state index in [0.717, 1.165) is 0 Å². The van der Waals surface area contributed by atoms with Crippen LogP contribution in [-0.2, 0) is 4.79 Å². The Bertz CT molecular complexity index is 52.8. The maximum atomic E-state index is 9.51. The van der Waals surface area contributed by atoms with Gasteiger partial charge in [0.15, 0.2) is 0 Å². The first-order valence-electron chi connectivity index (χ1n) is 1.55. The van der Waals surface area contributed by atoms with Crippen molar-refractivity contribution in [2.75, 3.05) is 5.88 Å². The van der Waals surface area contributed by atoms with E-state index in [1.165, 1.54) is 0 Å². The number of halogens is 1. The zero-order valence-corrected chi connectivity index (χ0v) is 3.90. The minimum absolute atomic E-state index is 0.0571. The number of hydrogen-bond donors (Lipinski definition) is 1. The molecule has 1 N–H and O–H groups in total. The van der Waals surface area contributed by atoms with Gasteiger partial charge < -0.3 is 5.11 Å². The van der Waals surface area contributed by atoms with Crippen LogP contribution in [0.5, 0.6) is 0 Å². The summed E-state index contributed by atoms with van der Waals surface area (Å²) in [7, 11) is 0. The lowest BCUT2D eigenvalue weighted by molar-refractivity contribution is -0.136. The molecule has 0 aromatic heterocycles. The van der Waals surface area contributed by atoms with Crippen molar-refractivity contribution in [1.82, 2.24) is 0 Å². The van der Waals surface area contributed by atoms with Crippen LogP contribution in [0.15, 0.2) is 0 Å². The Hall–Kier alpha value is -0.240. The van der Waals surface area contributed by atoms with Crippen molar-refractivity contribution < 1.29 is 9.90 Å². The predicted molar refractivity (Wildman–Crippen MR) is 23.0 cm³/mol. The second kappa shape index (κ2) is 2.97. The van der Waals surface area contributed by atoms with E-state index in [1.54, 1.807) is 0 Å². The Labute approximate surface area is 40.7 Å². The standard InChI is InChI=1S/C3H5ClO2/c4-2-1-3(5)6/h1-2H2,(H,5,6)/i3+2. The van der Waals surface area contributed by atoms with E-state index in [1.807, 2.05) is 0 Å². The number of carboxylic acids is 1. The van der Waals surface area contributed by atoms with E-state index in [0.29, 0.717) is 0 Å². The number of carbonyl (C=O) groups is 1. The van der Waals surface area contributed by atoms with Crippen LogP contribution in [0.3, 0.4) is 0 Å². The highest BCUT2D eigenvalue weighted by atomic mass is 35.5. The molecule has 0 atom stereocenters. The van der Waals surface area contributed by atoms with Gasteiger partial charge in [0.05, 0.1) is 6.42 Å². The largest absolute Gasteiger partial charge is 0.481 e. The highest BCUT2D eigenvalue weighted by Crippen LogP contribution is 1.80. The monoisotopic (exact) mass is 110 g/mol. The zero-order valence-electron chi connectivity index (χ0n) is 3.15. The second-order valence-electron chi connectivity index (χ2n) is 0.833. The van der Waals surface area contributed by atoms with Crippen molar-refractivity contribution >= 4 is 17.6 Å². The van der Waals surface area contributed by atoms with Crippen molar-refractivity contribution in [2.45, 2.75) is 6.42 Å². The third-order valence-electron chi connectivity index (χ3n) is 0.308. The van der Waals surface area contributed by atoms with Crippen LogP contribution in [0, 0.1) is 0 Å². The van der Waals surface area contributed by atoms with Crippen molar-refractivity contribution in [3.8, 4) is 0 Å². The molecule has 0 saturated carbocycles. The Morgan fingerprint density at radius 2 is 2.33 bits per heavy atom. The van der Waals surface area contributed by atoms with Gasteiger partial charge in [-0.05, 0) is 0 Å². The van der Waals surface area contributed by atoms with E-state index in [4.69, 9.17) is 16.7 Å². The van der Waals surface area contributed by atoms with Gasteiger partial charge in [0.2, 0.25) is 0 Å². The van der Waals surface area contributed by atoms with E-state index in [2.05, 4.69) is 0 Å². The number of aliphatic carboxylic acids is 1. The first-order chi connectivity index (χ1) is 2.77. The average Bonchev–Trinajstić information content (AvgIpc) is 1.35. The normalized spacial score (nSPS) is 8.17. The van der Waals surface area contributed by atoms with Gasteiger partial charge in [-0.2, -0.15) is 0 Å². The van der Waals surface area contributed by atoms with E-state index < -0.39 is 5.97 Å². The molecule has 0 rings (SSSR count). The number of carboxylic acid groups (broad SMARTS) is 1. The van der Waals surface area contributed by atoms with Crippen LogP contribution in [0.2, 0.25) is 0 Å². The van der Waals surface area contributed by atoms with Crippen molar-refractivity contribution in [2.24, 2.45) is 0 Å². The second-order valence-corrected chi connectivity index (χ2v) is 1.21. The van der Waals surface area contributed by atoms with Crippen LogP contribution < -0.4 is 0 Å². The van der Waals surface area contributed by atoms with Crippen LogP contribution in [0.4, 0.5) is 0 Å². The van der Waals surface area contributed by atoms with Crippen molar-refractivity contribution in [3.63, 3.8) is 0 Å². The minimum Gasteiger partial charge on any atom is -0.481 e. The molecule has 0 bridgehead atoms. The average molecular weight is 111 g/mol. The molecule has 0 aliphatic rings. The molecule has 6 heavy (non-hydrogen) atoms. The fourth-order valence-corrected chi connectivity index (χ4v) is 0.243. The summed E-state index contributed by atoms with van der Waals surface area (Å²) in [5.41, 5.74) is 0. The lowest BCUT2D eigenvalue weighted by atomic mass is 10.8. The maximum absolute atomic E-state index is 9.51. The molecule has 0 saturated heterocycles. The molecular weight excluding hydrogens is 105 g/mol. The molecular formula is C3H5ClO2. The maximum Gasteiger partial charge on any atom is 0.304 e. The molecule has 0 aliphatic heterocycles. The highest BCUT2D eigenvalue weighted by Gasteiger charge is 1.89. The van der Waals surface area contributed by atoms with Crippen molar-refractivity contribution in [3.05, 3.63) is 0 Å². The van der Waals surface area contributed by atoms with Gasteiger partial charge in [-0.25, -0.2) is 0 Å². The third kappa shape index (κ3) is 3.76. The van der Waals surface area contributed by atoms with E-state index in [-0.39, 0.29) is 12.3 Å². The van der Waals surface area contributed by atoms with Gasteiger partial charge in [-0.3, -0.25) is 4.79 Å². The van der Waals surface area contributed by atoms with Crippen LogP contribution in [0.1, 0.15) is 6.42 Å². The number of hydrogen-bond acceptors (Lipinski definition) is 1. The quantitative estimate of drug-likeness (QED) is 0.532. The van der Waals surface area contributed by atoms with Gasteiger partial charge >= 0.3 is 5.97 Å². The highest BCUT2D eigenvalue weighted by molar-refractivity contribution is 6.18. The van der Waals surface area contributed by atoms with Gasteiger partial charge in [0.1, 0.15) is 0 Å². The van der Waals surface area contributed by atoms with Gasteiger partial charge in [0.25, 0.3) is 0 Å². The van der Waals surface area contributed by atoms with Crippen LogP contribution in [-0.4, -0.2) is 17.0 Å². The number of rotatable bonds is 2. The molecule has 0 fully saturated rings. The summed E-state index contributed by atoms with van der Waals surface area (Å²) >= 11 is 5.02. The predicted octanol–water partition coefficient (Wildman–Crippen LogP) is 0.700. The fourth-order valence-electron chi connectivity index (χ4n) is 0.0808. The van der Waals surface area contributed by atoms with Crippen molar-refractivity contribution in [1.29, 1.82) is 0 Å². The molecule has 0 spiro atoms. The van der Waals surface area contributed by atoms with Gasteiger partial charge in [-0.1, -0.05) is 0 Å². The summed E-state index contributed by atoms with van der Waals surface area (Å²) in [5, 5.41) is 7.83. The summed E-state index contributed by atoms with van der Waals surface area (Å²) in [5.74, 6) is -0.639. The first kappa shape index (κ1) is 5.76. The summed E-state index contributed by atoms with van der Waals surface area (Å²) in [6.07, 6.45) is 0.0571. The summed E-state index contributed by atoms with van der Waals surface area (Å²) in [6.45, 7) is 0. The topological polar surface area (TPSA) is 37.3 Å². The lowest BCUT2D eigenvalue weighted by Crippen LogP contribution is -1.93. The molecule has 0 radical (unpaired) electrons.